The van der Waals surface area contributed by atoms with E-state index >= 15 is 0 Å². The number of nitrogens with zero attached hydrogens (tertiary/aromatic N) is 2. The molecule has 0 aliphatic carbocycles. The molecular weight excluding hydrogens is 279 g/mol. The van der Waals surface area contributed by atoms with Gasteiger partial charge in [-0.2, -0.15) is 0 Å². The maximum atomic E-state index is 13.1. The number of aliphatic carboxylic acids is 1. The second-order valence-electron chi connectivity index (χ2n) is 4.91. The number of rotatable bonds is 3. The van der Waals surface area contributed by atoms with Gasteiger partial charge in [0, 0.05) is 20.1 Å². The summed E-state index contributed by atoms with van der Waals surface area (Å²) in [4.78, 5) is 26.0. The maximum absolute atomic E-state index is 13.1. The first-order valence-corrected chi connectivity index (χ1v) is 6.56. The fourth-order valence-corrected chi connectivity index (χ4v) is 2.19. The summed E-state index contributed by atoms with van der Waals surface area (Å²) in [6.45, 7) is 0.806. The van der Waals surface area contributed by atoms with E-state index in [1.807, 2.05) is 0 Å². The molecule has 0 aromatic heterocycles. The minimum Gasteiger partial charge on any atom is -0.479 e. The van der Waals surface area contributed by atoms with Crippen LogP contribution < -0.4 is 0 Å². The third-order valence-corrected chi connectivity index (χ3v) is 3.25. The highest BCUT2D eigenvalue weighted by Crippen LogP contribution is 2.11. The molecule has 2 rings (SSSR count). The molecule has 6 nitrogen and oxygen atoms in total. The van der Waals surface area contributed by atoms with Crippen LogP contribution in [0.25, 0.3) is 0 Å². The minimum atomic E-state index is -1.08. The molecular formula is C14H17FN2O4. The molecule has 1 saturated heterocycles. The van der Waals surface area contributed by atoms with E-state index in [0.717, 1.165) is 0 Å². The van der Waals surface area contributed by atoms with Gasteiger partial charge in [-0.05, 0) is 17.7 Å². The van der Waals surface area contributed by atoms with Gasteiger partial charge in [0.25, 0.3) is 0 Å². The molecule has 1 aromatic carbocycles. The highest BCUT2D eigenvalue weighted by molar-refractivity contribution is 5.77. The number of carbonyl (C=O) groups excluding carboxylic acids is 1. The second kappa shape index (κ2) is 6.53. The van der Waals surface area contributed by atoms with Crippen LogP contribution in [0.5, 0.6) is 0 Å². The van der Waals surface area contributed by atoms with Gasteiger partial charge < -0.3 is 19.6 Å². The fraction of sp³-hybridized carbons (Fsp3) is 0.429. The molecule has 1 aromatic rings. The van der Waals surface area contributed by atoms with Crippen LogP contribution in [0.1, 0.15) is 5.56 Å². The van der Waals surface area contributed by atoms with Crippen molar-refractivity contribution >= 4 is 12.0 Å². The number of ether oxygens (including phenoxy) is 1. The van der Waals surface area contributed by atoms with Gasteiger partial charge in [-0.3, -0.25) is 0 Å². The second-order valence-corrected chi connectivity index (χ2v) is 4.91. The summed E-state index contributed by atoms with van der Waals surface area (Å²) in [6.07, 6.45) is -0.995. The molecule has 1 heterocycles. The quantitative estimate of drug-likeness (QED) is 0.909. The van der Waals surface area contributed by atoms with E-state index in [1.165, 1.54) is 21.9 Å². The molecule has 0 saturated carbocycles. The summed E-state index contributed by atoms with van der Waals surface area (Å²) in [5.41, 5.74) is 0.675. The first-order valence-electron chi connectivity index (χ1n) is 6.56. The molecule has 1 aliphatic heterocycles. The van der Waals surface area contributed by atoms with E-state index in [2.05, 4.69) is 0 Å². The monoisotopic (exact) mass is 296 g/mol. The molecule has 0 radical (unpaired) electrons. The zero-order chi connectivity index (χ0) is 15.4. The highest BCUT2D eigenvalue weighted by atomic mass is 19.1. The van der Waals surface area contributed by atoms with E-state index in [9.17, 15) is 14.0 Å². The number of carboxylic acids is 1. The lowest BCUT2D eigenvalue weighted by Gasteiger charge is -2.33. The molecule has 0 bridgehead atoms. The van der Waals surface area contributed by atoms with Gasteiger partial charge in [0.2, 0.25) is 0 Å². The zero-order valence-corrected chi connectivity index (χ0v) is 11.7. The van der Waals surface area contributed by atoms with Crippen LogP contribution in [0.2, 0.25) is 0 Å². The maximum Gasteiger partial charge on any atom is 0.334 e. The number of carboxylic acid groups (broad SMARTS) is 1. The number of hydrogen-bond acceptors (Lipinski definition) is 3. The van der Waals surface area contributed by atoms with Gasteiger partial charge in [-0.25, -0.2) is 14.0 Å². The van der Waals surface area contributed by atoms with Gasteiger partial charge in [0.15, 0.2) is 6.10 Å². The molecule has 7 heteroatoms. The summed E-state index contributed by atoms with van der Waals surface area (Å²) in [7, 11) is 1.60. The molecule has 114 valence electrons. The van der Waals surface area contributed by atoms with Crippen molar-refractivity contribution in [3.8, 4) is 0 Å². The third kappa shape index (κ3) is 3.91. The summed E-state index contributed by atoms with van der Waals surface area (Å²) in [5, 5.41) is 8.92. The first-order chi connectivity index (χ1) is 9.97. The van der Waals surface area contributed by atoms with E-state index < -0.39 is 12.1 Å². The predicted octanol–water partition coefficient (Wildman–Crippen LogP) is 1.16. The molecule has 0 spiro atoms. The Hall–Kier alpha value is -2.15. The molecule has 1 aliphatic rings. The van der Waals surface area contributed by atoms with Crippen molar-refractivity contribution in [2.24, 2.45) is 0 Å². The Balaban J connectivity index is 1.97. The van der Waals surface area contributed by atoms with Crippen LogP contribution in [0.3, 0.4) is 0 Å². The summed E-state index contributed by atoms with van der Waals surface area (Å²) < 4.78 is 18.2. The van der Waals surface area contributed by atoms with E-state index in [-0.39, 0.29) is 31.5 Å². The van der Waals surface area contributed by atoms with E-state index in [0.29, 0.717) is 12.1 Å². The molecule has 1 unspecified atom stereocenters. The van der Waals surface area contributed by atoms with Gasteiger partial charge >= 0.3 is 12.0 Å². The van der Waals surface area contributed by atoms with Crippen molar-refractivity contribution in [1.29, 1.82) is 0 Å². The lowest BCUT2D eigenvalue weighted by atomic mass is 10.2. The van der Waals surface area contributed by atoms with Crippen LogP contribution >= 0.6 is 0 Å². The van der Waals surface area contributed by atoms with Gasteiger partial charge in [0.1, 0.15) is 5.82 Å². The van der Waals surface area contributed by atoms with Crippen LogP contribution in [0.15, 0.2) is 24.3 Å². The fourth-order valence-electron chi connectivity index (χ4n) is 2.19. The van der Waals surface area contributed by atoms with Crippen LogP contribution in [-0.4, -0.2) is 59.8 Å². The van der Waals surface area contributed by atoms with Crippen molar-refractivity contribution in [1.82, 2.24) is 9.80 Å². The number of benzene rings is 1. The molecule has 21 heavy (non-hydrogen) atoms. The number of amides is 2. The molecule has 1 N–H and O–H groups in total. The van der Waals surface area contributed by atoms with Crippen LogP contribution in [-0.2, 0) is 16.1 Å². The van der Waals surface area contributed by atoms with E-state index in [4.69, 9.17) is 9.84 Å². The Morgan fingerprint density at radius 3 is 2.95 bits per heavy atom. The standard InChI is InChI=1S/C14H17FN2O4/c1-16(8-10-3-2-4-11(15)7-10)14(20)17-5-6-21-12(9-17)13(18)19/h2-4,7,12H,5-6,8-9H2,1H3,(H,18,19). The van der Waals surface area contributed by atoms with Crippen molar-refractivity contribution in [3.63, 3.8) is 0 Å². The summed E-state index contributed by atoms with van der Waals surface area (Å²) in [6, 6.07) is 5.71. The Kier molecular flexibility index (Phi) is 4.74. The Bertz CT molecular complexity index is 537. The van der Waals surface area contributed by atoms with E-state index in [1.54, 1.807) is 19.2 Å². The summed E-state index contributed by atoms with van der Waals surface area (Å²) in [5.74, 6) is -1.44. The average molecular weight is 296 g/mol. The molecule has 1 fully saturated rings. The SMILES string of the molecule is CN(Cc1cccc(F)c1)C(=O)N1CCOC(C(=O)O)C1. The predicted molar refractivity (Wildman–Crippen MR) is 72.2 cm³/mol. The lowest BCUT2D eigenvalue weighted by Crippen LogP contribution is -2.51. The normalized spacial score (nSPS) is 18.4. The van der Waals surface area contributed by atoms with Crippen molar-refractivity contribution in [3.05, 3.63) is 35.6 Å². The third-order valence-electron chi connectivity index (χ3n) is 3.25. The van der Waals surface area contributed by atoms with Crippen molar-refractivity contribution in [2.75, 3.05) is 26.7 Å². The lowest BCUT2D eigenvalue weighted by molar-refractivity contribution is -0.154. The smallest absolute Gasteiger partial charge is 0.334 e. The Morgan fingerprint density at radius 2 is 2.29 bits per heavy atom. The number of halogens is 1. The van der Waals surface area contributed by atoms with Gasteiger partial charge in [-0.15, -0.1) is 0 Å². The Labute approximate surface area is 121 Å². The van der Waals surface area contributed by atoms with Crippen LogP contribution in [0.4, 0.5) is 9.18 Å². The van der Waals surface area contributed by atoms with Gasteiger partial charge in [-0.1, -0.05) is 12.1 Å². The topological polar surface area (TPSA) is 70.1 Å². The van der Waals surface area contributed by atoms with Crippen molar-refractivity contribution < 1.29 is 23.8 Å². The number of urea groups is 1. The van der Waals surface area contributed by atoms with Crippen LogP contribution in [0, 0.1) is 5.82 Å². The highest BCUT2D eigenvalue weighted by Gasteiger charge is 2.30. The summed E-state index contributed by atoms with van der Waals surface area (Å²) >= 11 is 0. The number of carbonyl (C=O) groups is 2. The molecule has 1 atom stereocenters. The Morgan fingerprint density at radius 1 is 1.52 bits per heavy atom. The number of hydrogen-bond donors (Lipinski definition) is 1. The van der Waals surface area contributed by atoms with Crippen molar-refractivity contribution in [2.45, 2.75) is 12.6 Å². The largest absolute Gasteiger partial charge is 0.479 e. The first kappa shape index (κ1) is 15.2. The molecule has 2 amide bonds. The van der Waals surface area contributed by atoms with Gasteiger partial charge in [0.05, 0.1) is 13.2 Å². The zero-order valence-electron chi connectivity index (χ0n) is 11.7. The minimum absolute atomic E-state index is 0.0155. The number of morpholine rings is 1. The average Bonchev–Trinajstić information content (AvgIpc) is 2.46.